The molecule has 1 rings (SSSR count). The minimum absolute atomic E-state index is 0.113. The van der Waals surface area contributed by atoms with Crippen LogP contribution in [0.15, 0.2) is 24.3 Å². The molecule has 0 aromatic heterocycles. The number of nitrogens with one attached hydrogen (secondary N) is 1. The van der Waals surface area contributed by atoms with E-state index in [0.717, 1.165) is 12.1 Å². The molecule has 0 spiro atoms. The first-order chi connectivity index (χ1) is 10.1. The van der Waals surface area contributed by atoms with Gasteiger partial charge in [-0.05, 0) is 23.6 Å². The number of rotatable bonds is 6. The summed E-state index contributed by atoms with van der Waals surface area (Å²) in [6.07, 6.45) is -3.86. The van der Waals surface area contributed by atoms with Gasteiger partial charge in [0, 0.05) is 0 Å². The standard InChI is InChI=1S/C15H19F3N2O2/c1-3-9(2)13(14(19)22)20-12(21)8-10-4-6-11(7-5-10)15(16,17)18/h4-7,9,13H,3,8H2,1-2H3,(H2,19,22)(H,20,21)/t9-,13+/m1/s1. The number of carbonyl (C=O) groups excluding carboxylic acids is 2. The molecule has 122 valence electrons. The Kier molecular flexibility index (Phi) is 5.96. The van der Waals surface area contributed by atoms with E-state index < -0.39 is 29.6 Å². The molecule has 4 nitrogen and oxygen atoms in total. The highest BCUT2D eigenvalue weighted by Crippen LogP contribution is 2.29. The lowest BCUT2D eigenvalue weighted by molar-refractivity contribution is -0.137. The zero-order valence-corrected chi connectivity index (χ0v) is 12.4. The number of nitrogens with two attached hydrogens (primary N) is 1. The summed E-state index contributed by atoms with van der Waals surface area (Å²) in [6.45, 7) is 3.65. The van der Waals surface area contributed by atoms with Gasteiger partial charge in [-0.25, -0.2) is 0 Å². The Labute approximate surface area is 126 Å². The van der Waals surface area contributed by atoms with Crippen molar-refractivity contribution < 1.29 is 22.8 Å². The molecule has 1 aromatic carbocycles. The SMILES string of the molecule is CC[C@@H](C)[C@H](NC(=O)Cc1ccc(C(F)(F)F)cc1)C(N)=O. The van der Waals surface area contributed by atoms with Crippen LogP contribution in [0.1, 0.15) is 31.4 Å². The second-order valence-corrected chi connectivity index (χ2v) is 5.20. The van der Waals surface area contributed by atoms with E-state index in [2.05, 4.69) is 5.32 Å². The molecule has 0 fully saturated rings. The number of hydrogen-bond donors (Lipinski definition) is 2. The van der Waals surface area contributed by atoms with Gasteiger partial charge in [-0.1, -0.05) is 32.4 Å². The van der Waals surface area contributed by atoms with Gasteiger partial charge >= 0.3 is 6.18 Å². The highest BCUT2D eigenvalue weighted by Gasteiger charge is 2.30. The van der Waals surface area contributed by atoms with E-state index in [1.165, 1.54) is 12.1 Å². The summed E-state index contributed by atoms with van der Waals surface area (Å²) in [5, 5.41) is 2.52. The number of halogens is 3. The van der Waals surface area contributed by atoms with E-state index >= 15 is 0 Å². The maximum atomic E-state index is 12.4. The molecule has 3 N–H and O–H groups in total. The maximum Gasteiger partial charge on any atom is 0.416 e. The van der Waals surface area contributed by atoms with Crippen LogP contribution in [-0.2, 0) is 22.2 Å². The van der Waals surface area contributed by atoms with E-state index in [1.807, 2.05) is 6.92 Å². The van der Waals surface area contributed by atoms with Crippen molar-refractivity contribution in [2.45, 2.75) is 38.9 Å². The van der Waals surface area contributed by atoms with Gasteiger partial charge in [0.15, 0.2) is 0 Å². The molecule has 0 aliphatic heterocycles. The van der Waals surface area contributed by atoms with Gasteiger partial charge in [0.1, 0.15) is 6.04 Å². The predicted molar refractivity (Wildman–Crippen MR) is 75.7 cm³/mol. The molecule has 0 radical (unpaired) electrons. The first-order valence-electron chi connectivity index (χ1n) is 6.90. The number of benzene rings is 1. The third-order valence-electron chi connectivity index (χ3n) is 3.48. The zero-order valence-electron chi connectivity index (χ0n) is 12.4. The Balaban J connectivity index is 2.70. The summed E-state index contributed by atoms with van der Waals surface area (Å²) in [4.78, 5) is 23.2. The Hall–Kier alpha value is -2.05. The van der Waals surface area contributed by atoms with Crippen LogP contribution in [0.25, 0.3) is 0 Å². The van der Waals surface area contributed by atoms with Gasteiger partial charge < -0.3 is 11.1 Å². The van der Waals surface area contributed by atoms with Gasteiger partial charge in [0.05, 0.1) is 12.0 Å². The minimum Gasteiger partial charge on any atom is -0.368 e. The predicted octanol–water partition coefficient (Wildman–Crippen LogP) is 2.26. The van der Waals surface area contributed by atoms with Gasteiger partial charge in [-0.2, -0.15) is 13.2 Å². The van der Waals surface area contributed by atoms with Crippen molar-refractivity contribution in [2.75, 3.05) is 0 Å². The highest BCUT2D eigenvalue weighted by atomic mass is 19.4. The van der Waals surface area contributed by atoms with Gasteiger partial charge in [0.25, 0.3) is 0 Å². The van der Waals surface area contributed by atoms with E-state index in [-0.39, 0.29) is 12.3 Å². The zero-order chi connectivity index (χ0) is 16.9. The van der Waals surface area contributed by atoms with Crippen molar-refractivity contribution in [3.05, 3.63) is 35.4 Å². The second kappa shape index (κ2) is 7.29. The van der Waals surface area contributed by atoms with Gasteiger partial charge in [-0.15, -0.1) is 0 Å². The molecule has 0 saturated heterocycles. The summed E-state index contributed by atoms with van der Waals surface area (Å²) in [7, 11) is 0. The van der Waals surface area contributed by atoms with Crippen LogP contribution < -0.4 is 11.1 Å². The fourth-order valence-corrected chi connectivity index (χ4v) is 1.95. The Morgan fingerprint density at radius 1 is 1.23 bits per heavy atom. The molecule has 1 aromatic rings. The Morgan fingerprint density at radius 3 is 2.18 bits per heavy atom. The van der Waals surface area contributed by atoms with E-state index in [9.17, 15) is 22.8 Å². The summed E-state index contributed by atoms with van der Waals surface area (Å²) >= 11 is 0. The van der Waals surface area contributed by atoms with Gasteiger partial charge in [0.2, 0.25) is 11.8 Å². The van der Waals surface area contributed by atoms with Crippen LogP contribution in [0.3, 0.4) is 0 Å². The van der Waals surface area contributed by atoms with Crippen molar-refractivity contribution >= 4 is 11.8 Å². The third kappa shape index (κ3) is 5.05. The number of primary amides is 1. The van der Waals surface area contributed by atoms with Crippen molar-refractivity contribution in [2.24, 2.45) is 11.7 Å². The van der Waals surface area contributed by atoms with Crippen LogP contribution in [0.4, 0.5) is 13.2 Å². The normalized spacial score (nSPS) is 14.2. The van der Waals surface area contributed by atoms with E-state index in [0.29, 0.717) is 12.0 Å². The maximum absolute atomic E-state index is 12.4. The third-order valence-corrected chi connectivity index (χ3v) is 3.48. The molecule has 0 aliphatic carbocycles. The first kappa shape index (κ1) is 18.0. The van der Waals surface area contributed by atoms with Crippen LogP contribution in [0, 0.1) is 5.92 Å². The lowest BCUT2D eigenvalue weighted by Crippen LogP contribution is -2.48. The largest absolute Gasteiger partial charge is 0.416 e. The Bertz CT molecular complexity index is 527. The van der Waals surface area contributed by atoms with E-state index in [4.69, 9.17) is 5.73 Å². The number of alkyl halides is 3. The quantitative estimate of drug-likeness (QED) is 0.845. The fourth-order valence-electron chi connectivity index (χ4n) is 1.95. The fraction of sp³-hybridized carbons (Fsp3) is 0.467. The van der Waals surface area contributed by atoms with Crippen LogP contribution >= 0.6 is 0 Å². The molecule has 0 unspecified atom stereocenters. The van der Waals surface area contributed by atoms with Crippen LogP contribution in [-0.4, -0.2) is 17.9 Å². The van der Waals surface area contributed by atoms with Crippen molar-refractivity contribution in [3.8, 4) is 0 Å². The molecule has 0 heterocycles. The number of amides is 2. The minimum atomic E-state index is -4.41. The van der Waals surface area contributed by atoms with Gasteiger partial charge in [-0.3, -0.25) is 9.59 Å². The van der Waals surface area contributed by atoms with Crippen LogP contribution in [0.5, 0.6) is 0 Å². The number of hydrogen-bond acceptors (Lipinski definition) is 2. The van der Waals surface area contributed by atoms with Crippen LogP contribution in [0.2, 0.25) is 0 Å². The molecule has 2 atom stereocenters. The first-order valence-corrected chi connectivity index (χ1v) is 6.90. The topological polar surface area (TPSA) is 72.2 Å². The summed E-state index contributed by atoms with van der Waals surface area (Å²) in [5.41, 5.74) is 4.90. The molecular formula is C15H19F3N2O2. The molecule has 0 bridgehead atoms. The lowest BCUT2D eigenvalue weighted by Gasteiger charge is -2.21. The molecule has 0 aliphatic rings. The molecule has 2 amide bonds. The van der Waals surface area contributed by atoms with E-state index in [1.54, 1.807) is 6.92 Å². The lowest BCUT2D eigenvalue weighted by atomic mass is 9.98. The summed E-state index contributed by atoms with van der Waals surface area (Å²) < 4.78 is 37.3. The second-order valence-electron chi connectivity index (χ2n) is 5.20. The highest BCUT2D eigenvalue weighted by molar-refractivity contribution is 5.87. The molecule has 0 saturated carbocycles. The molecular weight excluding hydrogens is 297 g/mol. The summed E-state index contributed by atoms with van der Waals surface area (Å²) in [5.74, 6) is -1.20. The monoisotopic (exact) mass is 316 g/mol. The molecule has 22 heavy (non-hydrogen) atoms. The Morgan fingerprint density at radius 2 is 1.77 bits per heavy atom. The smallest absolute Gasteiger partial charge is 0.368 e. The summed E-state index contributed by atoms with van der Waals surface area (Å²) in [6, 6.07) is 3.54. The van der Waals surface area contributed by atoms with Crippen molar-refractivity contribution in [1.29, 1.82) is 0 Å². The number of carbonyl (C=O) groups is 2. The van der Waals surface area contributed by atoms with Crippen molar-refractivity contribution in [1.82, 2.24) is 5.32 Å². The average molecular weight is 316 g/mol. The van der Waals surface area contributed by atoms with Crippen molar-refractivity contribution in [3.63, 3.8) is 0 Å². The molecule has 7 heteroatoms. The average Bonchev–Trinajstić information content (AvgIpc) is 2.43.